The van der Waals surface area contributed by atoms with E-state index in [2.05, 4.69) is 31.0 Å². The maximum absolute atomic E-state index is 13.2. The molecule has 11 nitrogen and oxygen atoms in total. The topological polar surface area (TPSA) is 155 Å². The van der Waals surface area contributed by atoms with Gasteiger partial charge in [-0.05, 0) is 25.0 Å². The van der Waals surface area contributed by atoms with E-state index >= 15 is 0 Å². The Bertz CT molecular complexity index is 1280. The van der Waals surface area contributed by atoms with Gasteiger partial charge >= 0.3 is 0 Å². The monoisotopic (exact) mass is 453 g/mol. The van der Waals surface area contributed by atoms with Crippen molar-refractivity contribution in [1.82, 2.24) is 24.6 Å². The predicted octanol–water partition coefficient (Wildman–Crippen LogP) is 1.64. The summed E-state index contributed by atoms with van der Waals surface area (Å²) in [5.41, 5.74) is 8.55. The minimum atomic E-state index is -0.297. The number of carbonyl (C=O) groups excluding carboxylic acids is 1. The van der Waals surface area contributed by atoms with Crippen LogP contribution in [0.25, 0.3) is 16.0 Å². The molecular weight excluding hydrogens is 430 g/mol. The number of pyridine rings is 1. The number of thiazole rings is 1. The molecule has 1 aliphatic rings. The lowest BCUT2D eigenvalue weighted by Gasteiger charge is -2.09. The van der Waals surface area contributed by atoms with Gasteiger partial charge in [-0.25, -0.2) is 19.5 Å². The zero-order valence-corrected chi connectivity index (χ0v) is 18.0. The molecule has 4 aromatic heterocycles. The van der Waals surface area contributed by atoms with Crippen LogP contribution in [0.4, 0.5) is 16.6 Å². The Kier molecular flexibility index (Phi) is 5.55. The molecule has 0 aliphatic heterocycles. The van der Waals surface area contributed by atoms with Gasteiger partial charge in [0, 0.05) is 31.7 Å². The van der Waals surface area contributed by atoms with Crippen molar-refractivity contribution in [3.8, 4) is 0 Å². The molecule has 166 valence electrons. The molecule has 0 atom stereocenters. The molecule has 12 heteroatoms. The summed E-state index contributed by atoms with van der Waals surface area (Å²) in [5, 5.41) is 23.2. The van der Waals surface area contributed by atoms with Crippen molar-refractivity contribution < 1.29 is 9.90 Å². The van der Waals surface area contributed by atoms with Crippen molar-refractivity contribution >= 4 is 49.9 Å². The molecular formula is C20H23N9O2S. The fourth-order valence-corrected chi connectivity index (χ4v) is 4.28. The second-order valence-electron chi connectivity index (χ2n) is 7.50. The molecule has 0 spiro atoms. The van der Waals surface area contributed by atoms with Crippen molar-refractivity contribution in [2.75, 3.05) is 42.2 Å². The van der Waals surface area contributed by atoms with Gasteiger partial charge in [0.05, 0.1) is 28.9 Å². The summed E-state index contributed by atoms with van der Waals surface area (Å²) in [4.78, 5) is 26.9. The van der Waals surface area contributed by atoms with Gasteiger partial charge in [0.1, 0.15) is 11.4 Å². The molecule has 32 heavy (non-hydrogen) atoms. The summed E-state index contributed by atoms with van der Waals surface area (Å²) in [7, 11) is 0. The Labute approximate surface area is 187 Å². The molecule has 0 bridgehead atoms. The van der Waals surface area contributed by atoms with Crippen LogP contribution in [0.2, 0.25) is 0 Å². The first-order valence-corrected chi connectivity index (χ1v) is 11.2. The Morgan fingerprint density at radius 3 is 2.91 bits per heavy atom. The number of amides is 1. The largest absolute Gasteiger partial charge is 0.395 e. The Morgan fingerprint density at radius 1 is 1.25 bits per heavy atom. The van der Waals surface area contributed by atoms with Crippen LogP contribution >= 0.6 is 11.3 Å². The van der Waals surface area contributed by atoms with Crippen LogP contribution in [0.3, 0.4) is 0 Å². The summed E-state index contributed by atoms with van der Waals surface area (Å²) in [5.74, 6) is 0.654. The third-order valence-electron chi connectivity index (χ3n) is 5.08. The number of rotatable bonds is 9. The van der Waals surface area contributed by atoms with Crippen LogP contribution in [0, 0.1) is 0 Å². The van der Waals surface area contributed by atoms with Crippen LogP contribution in [-0.4, -0.2) is 61.8 Å². The lowest BCUT2D eigenvalue weighted by Crippen LogP contribution is -2.15. The van der Waals surface area contributed by atoms with Gasteiger partial charge in [0.2, 0.25) is 0 Å². The van der Waals surface area contributed by atoms with E-state index in [4.69, 9.17) is 15.8 Å². The van der Waals surface area contributed by atoms with Crippen LogP contribution < -0.4 is 21.7 Å². The predicted molar refractivity (Wildman–Crippen MR) is 123 cm³/mol. The van der Waals surface area contributed by atoms with Crippen molar-refractivity contribution in [3.05, 3.63) is 35.8 Å². The SMILES string of the molecule is NCCNc1ccn2ncc(C(=O)Nc3cc4sc(NCCO)nc4nc3C3CC3)c2n1. The second kappa shape index (κ2) is 8.65. The minimum absolute atomic E-state index is 0.0229. The van der Waals surface area contributed by atoms with Crippen molar-refractivity contribution in [1.29, 1.82) is 0 Å². The molecule has 5 rings (SSSR count). The van der Waals surface area contributed by atoms with Crippen LogP contribution in [-0.2, 0) is 0 Å². The zero-order chi connectivity index (χ0) is 22.1. The molecule has 1 aliphatic carbocycles. The summed E-state index contributed by atoms with van der Waals surface area (Å²) in [6.45, 7) is 1.50. The second-order valence-corrected chi connectivity index (χ2v) is 8.53. The number of aliphatic hydroxyl groups is 1. The van der Waals surface area contributed by atoms with Crippen molar-refractivity contribution in [2.24, 2.45) is 5.73 Å². The number of aromatic nitrogens is 5. The van der Waals surface area contributed by atoms with E-state index in [0.29, 0.717) is 59.0 Å². The number of anilines is 3. The summed E-state index contributed by atoms with van der Waals surface area (Å²) < 4.78 is 2.42. The molecule has 0 radical (unpaired) electrons. The van der Waals surface area contributed by atoms with Crippen LogP contribution in [0.15, 0.2) is 24.5 Å². The smallest absolute Gasteiger partial charge is 0.261 e. The maximum atomic E-state index is 13.2. The first-order chi connectivity index (χ1) is 15.7. The quantitative estimate of drug-likeness (QED) is 0.254. The number of nitrogens with two attached hydrogens (primary N) is 1. The molecule has 6 N–H and O–H groups in total. The summed E-state index contributed by atoms with van der Waals surface area (Å²) >= 11 is 1.43. The van der Waals surface area contributed by atoms with E-state index in [0.717, 1.165) is 23.2 Å². The number of hydrogen-bond donors (Lipinski definition) is 5. The molecule has 0 unspecified atom stereocenters. The standard InChI is InChI=1S/C20H23N9O2S/c21-4-5-22-15-3-7-29-18(26-15)12(10-24-29)19(31)25-13-9-14-17(27-16(13)11-1-2-11)28-20(32-14)23-6-8-30/h3,7,9-11,30H,1-2,4-6,8,21H2,(H,22,26)(H,25,31)(H,23,27,28). The average molecular weight is 454 g/mol. The minimum Gasteiger partial charge on any atom is -0.395 e. The molecule has 4 heterocycles. The highest BCUT2D eigenvalue weighted by molar-refractivity contribution is 7.22. The van der Waals surface area contributed by atoms with Gasteiger partial charge in [-0.3, -0.25) is 4.79 Å². The third kappa shape index (κ3) is 4.07. The van der Waals surface area contributed by atoms with Gasteiger partial charge in [-0.15, -0.1) is 0 Å². The first-order valence-electron chi connectivity index (χ1n) is 10.4. The van der Waals surface area contributed by atoms with E-state index in [1.54, 1.807) is 16.8 Å². The number of hydrogen-bond acceptors (Lipinski definition) is 10. The highest BCUT2D eigenvalue weighted by atomic mass is 32.1. The lowest BCUT2D eigenvalue weighted by molar-refractivity contribution is 0.102. The molecule has 1 saturated carbocycles. The number of nitrogens with zero attached hydrogens (tertiary/aromatic N) is 5. The van der Waals surface area contributed by atoms with Crippen molar-refractivity contribution in [3.63, 3.8) is 0 Å². The number of carbonyl (C=O) groups is 1. The van der Waals surface area contributed by atoms with Gasteiger partial charge < -0.3 is 26.8 Å². The lowest BCUT2D eigenvalue weighted by atomic mass is 10.2. The zero-order valence-electron chi connectivity index (χ0n) is 17.2. The molecule has 4 aromatic rings. The van der Waals surface area contributed by atoms with E-state index in [-0.39, 0.29) is 12.5 Å². The number of nitrogens with one attached hydrogen (secondary N) is 3. The first kappa shape index (κ1) is 20.5. The van der Waals surface area contributed by atoms with Crippen molar-refractivity contribution in [2.45, 2.75) is 18.8 Å². The molecule has 1 amide bonds. The van der Waals surface area contributed by atoms with Crippen LogP contribution in [0.1, 0.15) is 34.8 Å². The normalized spacial score (nSPS) is 13.6. The summed E-state index contributed by atoms with van der Waals surface area (Å²) in [6.07, 6.45) is 5.33. The molecule has 0 saturated heterocycles. The number of aliphatic hydroxyl groups excluding tert-OH is 1. The Balaban J connectivity index is 1.45. The highest BCUT2D eigenvalue weighted by Crippen LogP contribution is 2.44. The average Bonchev–Trinajstić information content (AvgIpc) is 3.43. The van der Waals surface area contributed by atoms with E-state index < -0.39 is 0 Å². The van der Waals surface area contributed by atoms with E-state index in [9.17, 15) is 4.79 Å². The fraction of sp³-hybridized carbons (Fsp3) is 0.350. The molecule has 1 fully saturated rings. The summed E-state index contributed by atoms with van der Waals surface area (Å²) in [6, 6.07) is 3.70. The molecule has 0 aromatic carbocycles. The fourth-order valence-electron chi connectivity index (χ4n) is 3.40. The number of fused-ring (bicyclic) bond motifs is 2. The highest BCUT2D eigenvalue weighted by Gasteiger charge is 2.30. The Hall–Kier alpha value is -3.35. The van der Waals surface area contributed by atoms with Gasteiger partial charge in [0.25, 0.3) is 5.91 Å². The van der Waals surface area contributed by atoms with Gasteiger partial charge in [-0.2, -0.15) is 5.10 Å². The van der Waals surface area contributed by atoms with Gasteiger partial charge in [0.15, 0.2) is 16.4 Å². The van der Waals surface area contributed by atoms with Gasteiger partial charge in [-0.1, -0.05) is 11.3 Å². The van der Waals surface area contributed by atoms with E-state index in [1.165, 1.54) is 17.5 Å². The van der Waals surface area contributed by atoms with Crippen LogP contribution in [0.5, 0.6) is 0 Å². The third-order valence-corrected chi connectivity index (χ3v) is 6.03. The Morgan fingerprint density at radius 2 is 2.12 bits per heavy atom. The maximum Gasteiger partial charge on any atom is 0.261 e. The van der Waals surface area contributed by atoms with E-state index in [1.807, 2.05) is 6.07 Å².